The molecule has 0 bridgehead atoms. The molecule has 3 saturated heterocycles. The summed E-state index contributed by atoms with van der Waals surface area (Å²) in [6.45, 7) is 13.8. The van der Waals surface area contributed by atoms with E-state index in [-0.39, 0.29) is 153 Å². The molecule has 8 N–H and O–H groups in total. The summed E-state index contributed by atoms with van der Waals surface area (Å²) in [4.78, 5) is 232. The molecule has 6 rings (SSSR count). The second kappa shape index (κ2) is 60.2. The third kappa shape index (κ3) is 42.3. The highest BCUT2D eigenvalue weighted by Gasteiger charge is 2.55. The number of hydrogen-bond donors (Lipinski definition) is 8. The normalized spacial score (nSPS) is 21.2. The van der Waals surface area contributed by atoms with Crippen LogP contribution in [0.25, 0.3) is 11.1 Å². The van der Waals surface area contributed by atoms with Crippen LogP contribution in [0.3, 0.4) is 0 Å². The van der Waals surface area contributed by atoms with Crippen LogP contribution in [-0.4, -0.2) is 296 Å². The number of esters is 9. The fourth-order valence-electron chi connectivity index (χ4n) is 15.3. The Labute approximate surface area is 789 Å². The Morgan fingerprint density at radius 1 is 0.331 bits per heavy atom. The first-order valence-corrected chi connectivity index (χ1v) is 45.5. The molecule has 9 amide bonds. The smallest absolute Gasteiger partial charge is 0.303 e. The van der Waals surface area contributed by atoms with E-state index in [1.54, 1.807) is 4.90 Å². The van der Waals surface area contributed by atoms with Gasteiger partial charge in [-0.3, -0.25) is 86.3 Å². The van der Waals surface area contributed by atoms with Gasteiger partial charge in [0, 0.05) is 180 Å². The minimum absolute atomic E-state index is 0.00268. The van der Waals surface area contributed by atoms with Crippen molar-refractivity contribution < 1.29 is 157 Å². The molecule has 752 valence electrons. The second-order valence-electron chi connectivity index (χ2n) is 32.6. The van der Waals surface area contributed by atoms with Crippen molar-refractivity contribution in [2.24, 2.45) is 0 Å². The van der Waals surface area contributed by atoms with E-state index in [1.807, 2.05) is 84.9 Å². The third-order valence-corrected chi connectivity index (χ3v) is 21.1. The summed E-state index contributed by atoms with van der Waals surface area (Å²) in [5.41, 5.74) is 3.58. The second-order valence-corrected chi connectivity index (χ2v) is 32.6. The van der Waals surface area contributed by atoms with Crippen LogP contribution in [0.1, 0.15) is 191 Å². The Kier molecular flexibility index (Phi) is 49.8. The maximum absolute atomic E-state index is 14.5. The van der Waals surface area contributed by atoms with E-state index in [4.69, 9.17) is 71.1 Å². The molecule has 3 heterocycles. The summed E-state index contributed by atoms with van der Waals surface area (Å²) in [6, 6.07) is 23.1. The van der Waals surface area contributed by atoms with E-state index in [9.17, 15) is 86.3 Å². The monoisotopic (exact) mass is 1920 g/mol. The third-order valence-electron chi connectivity index (χ3n) is 21.1. The number of amides is 9. The minimum Gasteiger partial charge on any atom is -0.463 e. The maximum atomic E-state index is 14.5. The molecule has 0 aromatic heterocycles. The van der Waals surface area contributed by atoms with E-state index >= 15 is 0 Å². The van der Waals surface area contributed by atoms with Gasteiger partial charge in [0.2, 0.25) is 53.2 Å². The van der Waals surface area contributed by atoms with Crippen LogP contribution >= 0.6 is 0 Å². The van der Waals surface area contributed by atoms with Crippen LogP contribution in [0.5, 0.6) is 0 Å². The lowest BCUT2D eigenvalue weighted by Gasteiger charge is -2.44. The van der Waals surface area contributed by atoms with Crippen LogP contribution in [0.4, 0.5) is 5.69 Å². The Morgan fingerprint density at radius 2 is 0.691 bits per heavy atom. The van der Waals surface area contributed by atoms with Gasteiger partial charge in [-0.05, 0) is 92.7 Å². The van der Waals surface area contributed by atoms with Crippen LogP contribution in [0.15, 0.2) is 84.9 Å². The van der Waals surface area contributed by atoms with Gasteiger partial charge in [0.1, 0.15) is 56.3 Å². The number of carbonyl (C=O) groups excluding carboxylic acids is 18. The summed E-state index contributed by atoms with van der Waals surface area (Å²) in [5.74, 6) is -10.4. The summed E-state index contributed by atoms with van der Waals surface area (Å²) in [7, 11) is 0. The number of hydrogen-bond acceptors (Lipinski definition) is 34. The molecule has 3 fully saturated rings. The van der Waals surface area contributed by atoms with Gasteiger partial charge in [-0.2, -0.15) is 0 Å². The predicted octanol–water partition coefficient (Wildman–Crippen LogP) is 3.18. The van der Waals surface area contributed by atoms with E-state index in [1.165, 1.54) is 27.7 Å². The van der Waals surface area contributed by atoms with E-state index in [0.29, 0.717) is 45.2 Å². The molecule has 3 aromatic carbocycles. The van der Waals surface area contributed by atoms with Crippen LogP contribution in [-0.2, 0) is 157 Å². The van der Waals surface area contributed by atoms with Gasteiger partial charge in [-0.25, -0.2) is 0 Å². The van der Waals surface area contributed by atoms with Crippen molar-refractivity contribution in [3.8, 4) is 11.1 Å². The molecule has 3 aromatic rings. The van der Waals surface area contributed by atoms with Gasteiger partial charge in [0.15, 0.2) is 55.5 Å². The molecule has 136 heavy (non-hydrogen) atoms. The zero-order chi connectivity index (χ0) is 99.8. The molecule has 0 radical (unpaired) electrons. The molecular weight excluding hydrogens is 1790 g/mol. The van der Waals surface area contributed by atoms with E-state index < -0.39 is 195 Å². The van der Waals surface area contributed by atoms with Gasteiger partial charge < -0.3 is 123 Å². The lowest BCUT2D eigenvalue weighted by molar-refractivity contribution is -0.277. The Morgan fingerprint density at radius 3 is 1.12 bits per heavy atom. The molecule has 43 nitrogen and oxygen atoms in total. The average molecular weight is 1920 g/mol. The number of para-hydroxylation sites is 1. The largest absolute Gasteiger partial charge is 0.463 e. The number of rotatable bonds is 57. The molecule has 16 atom stereocenters. The topological polar surface area (TPSA) is 548 Å². The summed E-state index contributed by atoms with van der Waals surface area (Å²) in [6.07, 6.45) is -13.1. The first-order chi connectivity index (χ1) is 64.8. The standard InChI is InChI=1S/C93H132N10O33/c1-56(104)98-82-88(131-65(10)113)85(128-62(7)110)73(53-125-59(4)107)134-91(82)122-49-20-19-34-76(116)94-42-23-36-80(120)101-72(70-31-21-30-69(52-70)68-28-15-13-16-29-68)39-48-102(71-32-17-14-18-33-71)46-27-47-103(81(121)38-24-43-95-78(118)37-25-50-123-92-83(99-57(2)105)89(132-66(11)114)86(129-63(8)111)74(135-92)54-126-60(5)108)45-26-44-97-77(117)35-22-41-96-79(119)40-51-124-93-84(100-58(3)106)90(133-67(12)115)87(130-64(9)112)75(136-93)55-127-61(6)109/h13-18,21,28-33,52,72-75,82-93H,19-20,22-27,34-51,53-55H2,1-12H3,(H,94,116)(H,95,118)(H,96,119)(H,97,117)(H,98,104)(H,99,105)(H,100,106)(H,101,120)/t72?,73?,74?,75?,82?,83?,84?,85-,86-,87-,88+,89+,90+,91+,92+,93+/m0/s1. The van der Waals surface area contributed by atoms with Gasteiger partial charge >= 0.3 is 53.7 Å². The Hall–Kier alpha value is -12.3. The lowest BCUT2D eigenvalue weighted by Crippen LogP contribution is -2.66. The highest BCUT2D eigenvalue weighted by atomic mass is 16.7. The summed E-state index contributed by atoms with van der Waals surface area (Å²) >= 11 is 0. The molecule has 0 saturated carbocycles. The Bertz CT molecular complexity index is 4430. The van der Waals surface area contributed by atoms with Crippen molar-refractivity contribution in [2.75, 3.05) is 96.9 Å². The van der Waals surface area contributed by atoms with Crippen LogP contribution < -0.4 is 47.4 Å². The zero-order valence-electron chi connectivity index (χ0n) is 79.2. The van der Waals surface area contributed by atoms with Crippen molar-refractivity contribution in [3.05, 3.63) is 90.5 Å². The average Bonchev–Trinajstić information content (AvgIpc) is 0.791. The van der Waals surface area contributed by atoms with E-state index in [0.717, 1.165) is 77.8 Å². The van der Waals surface area contributed by atoms with Gasteiger partial charge in [0.05, 0.1) is 25.7 Å². The lowest BCUT2D eigenvalue weighted by atomic mass is 9.96. The number of ether oxygens (including phenoxy) is 15. The van der Waals surface area contributed by atoms with Crippen molar-refractivity contribution in [1.29, 1.82) is 0 Å². The molecule has 3 aliphatic heterocycles. The van der Waals surface area contributed by atoms with Crippen LogP contribution in [0, 0.1) is 0 Å². The predicted molar refractivity (Wildman–Crippen MR) is 479 cm³/mol. The molecule has 3 aliphatic rings. The maximum Gasteiger partial charge on any atom is 0.303 e. The number of nitrogens with one attached hydrogen (secondary N) is 8. The first kappa shape index (κ1) is 112. The fourth-order valence-corrected chi connectivity index (χ4v) is 15.3. The number of carbonyl (C=O) groups is 18. The first-order valence-electron chi connectivity index (χ1n) is 45.5. The van der Waals surface area contributed by atoms with Crippen molar-refractivity contribution in [2.45, 2.75) is 277 Å². The number of benzene rings is 3. The van der Waals surface area contributed by atoms with E-state index in [2.05, 4.69) is 47.4 Å². The quantitative estimate of drug-likeness (QED) is 0.0228. The summed E-state index contributed by atoms with van der Waals surface area (Å²) in [5, 5.41) is 22.5. The summed E-state index contributed by atoms with van der Waals surface area (Å²) < 4.78 is 84.6. The van der Waals surface area contributed by atoms with Crippen molar-refractivity contribution in [1.82, 2.24) is 47.4 Å². The van der Waals surface area contributed by atoms with Gasteiger partial charge in [-0.1, -0.05) is 66.7 Å². The Balaban J connectivity index is 1.08. The van der Waals surface area contributed by atoms with Gasteiger partial charge in [-0.15, -0.1) is 0 Å². The fraction of sp³-hybridized carbons (Fsp3) is 0.613. The minimum atomic E-state index is -1.40. The zero-order valence-corrected chi connectivity index (χ0v) is 79.2. The van der Waals surface area contributed by atoms with Gasteiger partial charge in [0.25, 0.3) is 0 Å². The molecule has 0 spiro atoms. The molecular formula is C93H132N10O33. The number of unbranched alkanes of at least 4 members (excludes halogenated alkanes) is 1. The number of anilines is 1. The van der Waals surface area contributed by atoms with Crippen molar-refractivity contribution in [3.63, 3.8) is 0 Å². The highest BCUT2D eigenvalue weighted by molar-refractivity contribution is 5.81. The molecule has 7 unspecified atom stereocenters. The highest BCUT2D eigenvalue weighted by Crippen LogP contribution is 2.33. The van der Waals surface area contributed by atoms with Crippen LogP contribution in [0.2, 0.25) is 0 Å². The van der Waals surface area contributed by atoms with Crippen molar-refractivity contribution >= 4 is 113 Å². The number of nitrogens with zero attached hydrogens (tertiary/aromatic N) is 2. The molecule has 0 aliphatic carbocycles. The SMILES string of the molecule is CC(=O)NC1[C@H](OCCCCC(=O)NCCCC(=O)NC(CCN(CCCN(CCCNC(=O)CCCNC(=O)CCO[C@@H]2OC(COC(C)=O)[C@H](OC(C)=O)[C@H](OC(C)=O)C2NC(C)=O)C(=O)CCCNC(=O)CCCO[C@@H]2OC(COC(C)=O)[C@H](OC(C)=O)[C@H](OC(C)=O)C2NC(C)=O)c2ccccc2)c2cccc(-c3ccccc3)c2)OC(COC(C)=O)[C@H](OC(C)=O)[C@@H]1OC(C)=O. The molecule has 43 heteroatoms.